The molecule has 20 heavy (non-hydrogen) atoms. The van der Waals surface area contributed by atoms with Gasteiger partial charge in [0.25, 0.3) is 0 Å². The fraction of sp³-hybridized carbons (Fsp3) is 0.684. The zero-order chi connectivity index (χ0) is 14.6. The normalized spacial score (nSPS) is 24.4. The third kappa shape index (κ3) is 4.09. The molecular formula is C19H31N. The summed E-state index contributed by atoms with van der Waals surface area (Å²) < 4.78 is 0. The van der Waals surface area contributed by atoms with Gasteiger partial charge in [-0.3, -0.25) is 0 Å². The highest BCUT2D eigenvalue weighted by Crippen LogP contribution is 2.33. The summed E-state index contributed by atoms with van der Waals surface area (Å²) in [7, 11) is 0. The lowest BCUT2D eigenvalue weighted by Gasteiger charge is -2.23. The SMILES string of the molecule is CCNC1CCCCC(c2ccc(C(C)(C)C)cc2)C1. The molecule has 1 aromatic rings. The number of hydrogen-bond acceptors (Lipinski definition) is 1. The van der Waals surface area contributed by atoms with Gasteiger partial charge in [-0.05, 0) is 48.3 Å². The van der Waals surface area contributed by atoms with E-state index in [4.69, 9.17) is 0 Å². The molecule has 0 saturated heterocycles. The summed E-state index contributed by atoms with van der Waals surface area (Å²) in [5.41, 5.74) is 3.25. The van der Waals surface area contributed by atoms with Crippen molar-refractivity contribution >= 4 is 0 Å². The van der Waals surface area contributed by atoms with Gasteiger partial charge >= 0.3 is 0 Å². The zero-order valence-electron chi connectivity index (χ0n) is 13.7. The van der Waals surface area contributed by atoms with Crippen LogP contribution in [0.15, 0.2) is 24.3 Å². The van der Waals surface area contributed by atoms with Gasteiger partial charge in [-0.1, -0.05) is 64.8 Å². The average Bonchev–Trinajstić information content (AvgIpc) is 2.64. The van der Waals surface area contributed by atoms with Crippen LogP contribution >= 0.6 is 0 Å². The Bertz CT molecular complexity index is 399. The van der Waals surface area contributed by atoms with Crippen LogP contribution in [0.25, 0.3) is 0 Å². The molecule has 1 aliphatic rings. The number of benzene rings is 1. The summed E-state index contributed by atoms with van der Waals surface area (Å²) in [4.78, 5) is 0. The summed E-state index contributed by atoms with van der Waals surface area (Å²) in [6.07, 6.45) is 6.78. The number of hydrogen-bond donors (Lipinski definition) is 1. The molecule has 1 saturated carbocycles. The molecule has 1 N–H and O–H groups in total. The molecular weight excluding hydrogens is 242 g/mol. The second-order valence-corrected chi connectivity index (χ2v) is 7.34. The first kappa shape index (κ1) is 15.6. The molecule has 0 bridgehead atoms. The smallest absolute Gasteiger partial charge is 0.00727 e. The van der Waals surface area contributed by atoms with Gasteiger partial charge in [0.2, 0.25) is 0 Å². The van der Waals surface area contributed by atoms with Crippen molar-refractivity contribution in [2.75, 3.05) is 6.54 Å². The van der Waals surface area contributed by atoms with E-state index in [1.807, 2.05) is 0 Å². The van der Waals surface area contributed by atoms with Crippen molar-refractivity contribution in [3.63, 3.8) is 0 Å². The Hall–Kier alpha value is -0.820. The highest BCUT2D eigenvalue weighted by Gasteiger charge is 2.21. The van der Waals surface area contributed by atoms with E-state index in [2.05, 4.69) is 57.3 Å². The van der Waals surface area contributed by atoms with Crippen LogP contribution in [-0.2, 0) is 5.41 Å². The van der Waals surface area contributed by atoms with Crippen molar-refractivity contribution in [1.82, 2.24) is 5.32 Å². The molecule has 0 aromatic heterocycles. The maximum Gasteiger partial charge on any atom is 0.00727 e. The van der Waals surface area contributed by atoms with Crippen molar-refractivity contribution < 1.29 is 0 Å². The van der Waals surface area contributed by atoms with Gasteiger partial charge in [0.05, 0.1) is 0 Å². The molecule has 2 rings (SSSR count). The Morgan fingerprint density at radius 1 is 1.05 bits per heavy atom. The quantitative estimate of drug-likeness (QED) is 0.763. The van der Waals surface area contributed by atoms with E-state index in [-0.39, 0.29) is 5.41 Å². The molecule has 0 aliphatic heterocycles. The minimum atomic E-state index is 0.258. The van der Waals surface area contributed by atoms with Crippen molar-refractivity contribution in [3.05, 3.63) is 35.4 Å². The molecule has 1 nitrogen and oxygen atoms in total. The first-order valence-electron chi connectivity index (χ1n) is 8.34. The molecule has 1 heteroatoms. The summed E-state index contributed by atoms with van der Waals surface area (Å²) in [6.45, 7) is 10.2. The predicted octanol–water partition coefficient (Wildman–Crippen LogP) is 5.01. The molecule has 2 atom stereocenters. The number of rotatable bonds is 3. The number of nitrogens with one attached hydrogen (secondary N) is 1. The van der Waals surface area contributed by atoms with E-state index in [0.717, 1.165) is 18.5 Å². The molecule has 1 aromatic carbocycles. The average molecular weight is 273 g/mol. The van der Waals surface area contributed by atoms with E-state index in [0.29, 0.717) is 0 Å². The van der Waals surface area contributed by atoms with Crippen LogP contribution in [0.2, 0.25) is 0 Å². The largest absolute Gasteiger partial charge is 0.314 e. The van der Waals surface area contributed by atoms with E-state index in [1.165, 1.54) is 37.7 Å². The lowest BCUT2D eigenvalue weighted by Crippen LogP contribution is -2.29. The fourth-order valence-corrected chi connectivity index (χ4v) is 3.39. The van der Waals surface area contributed by atoms with Gasteiger partial charge in [0, 0.05) is 6.04 Å². The van der Waals surface area contributed by atoms with Crippen LogP contribution in [0, 0.1) is 0 Å². The van der Waals surface area contributed by atoms with Gasteiger partial charge in [-0.15, -0.1) is 0 Å². The van der Waals surface area contributed by atoms with Crippen LogP contribution in [0.3, 0.4) is 0 Å². The summed E-state index contributed by atoms with van der Waals surface area (Å²) >= 11 is 0. The molecule has 2 unspecified atom stereocenters. The Balaban J connectivity index is 2.09. The standard InChI is InChI=1S/C19H31N/c1-5-20-18-9-7-6-8-16(14-18)15-10-12-17(13-11-15)19(2,3)4/h10-13,16,18,20H,5-9,14H2,1-4H3. The lowest BCUT2D eigenvalue weighted by molar-refractivity contribution is 0.449. The Morgan fingerprint density at radius 3 is 2.30 bits per heavy atom. The maximum atomic E-state index is 3.66. The Kier molecular flexibility index (Phi) is 5.26. The lowest BCUT2D eigenvalue weighted by atomic mass is 9.84. The monoisotopic (exact) mass is 273 g/mol. The van der Waals surface area contributed by atoms with Gasteiger partial charge in [0.15, 0.2) is 0 Å². The van der Waals surface area contributed by atoms with E-state index < -0.39 is 0 Å². The zero-order valence-corrected chi connectivity index (χ0v) is 13.7. The van der Waals surface area contributed by atoms with Gasteiger partial charge in [0.1, 0.15) is 0 Å². The highest BCUT2D eigenvalue weighted by atomic mass is 14.9. The second kappa shape index (κ2) is 6.76. The van der Waals surface area contributed by atoms with Crippen molar-refractivity contribution in [2.24, 2.45) is 0 Å². The minimum absolute atomic E-state index is 0.258. The van der Waals surface area contributed by atoms with Gasteiger partial charge < -0.3 is 5.32 Å². The van der Waals surface area contributed by atoms with Crippen LogP contribution in [-0.4, -0.2) is 12.6 Å². The van der Waals surface area contributed by atoms with Crippen LogP contribution < -0.4 is 5.32 Å². The molecule has 0 heterocycles. The molecule has 1 fully saturated rings. The topological polar surface area (TPSA) is 12.0 Å². The minimum Gasteiger partial charge on any atom is -0.314 e. The Labute approximate surface area is 125 Å². The second-order valence-electron chi connectivity index (χ2n) is 7.34. The molecule has 0 spiro atoms. The van der Waals surface area contributed by atoms with Gasteiger partial charge in [-0.25, -0.2) is 0 Å². The van der Waals surface area contributed by atoms with Crippen molar-refractivity contribution in [2.45, 2.75) is 77.2 Å². The summed E-state index contributed by atoms with van der Waals surface area (Å²) in [6, 6.07) is 10.1. The maximum absolute atomic E-state index is 3.66. The van der Waals surface area contributed by atoms with Crippen LogP contribution in [0.4, 0.5) is 0 Å². The van der Waals surface area contributed by atoms with Gasteiger partial charge in [-0.2, -0.15) is 0 Å². The van der Waals surface area contributed by atoms with Crippen molar-refractivity contribution in [3.8, 4) is 0 Å². The van der Waals surface area contributed by atoms with Crippen molar-refractivity contribution in [1.29, 1.82) is 0 Å². The first-order chi connectivity index (χ1) is 9.50. The third-order valence-corrected chi connectivity index (χ3v) is 4.67. The predicted molar refractivity (Wildman–Crippen MR) is 88.4 cm³/mol. The van der Waals surface area contributed by atoms with E-state index in [1.54, 1.807) is 5.56 Å². The molecule has 0 radical (unpaired) electrons. The summed E-state index contributed by atoms with van der Waals surface area (Å²) in [5, 5.41) is 3.66. The van der Waals surface area contributed by atoms with Crippen LogP contribution in [0.1, 0.15) is 76.8 Å². The molecule has 1 aliphatic carbocycles. The third-order valence-electron chi connectivity index (χ3n) is 4.67. The summed E-state index contributed by atoms with van der Waals surface area (Å²) in [5.74, 6) is 0.746. The Morgan fingerprint density at radius 2 is 1.70 bits per heavy atom. The van der Waals surface area contributed by atoms with E-state index >= 15 is 0 Å². The molecule has 112 valence electrons. The van der Waals surface area contributed by atoms with E-state index in [9.17, 15) is 0 Å². The fourth-order valence-electron chi connectivity index (χ4n) is 3.39. The van der Waals surface area contributed by atoms with Crippen LogP contribution in [0.5, 0.6) is 0 Å². The highest BCUT2D eigenvalue weighted by molar-refractivity contribution is 5.29. The first-order valence-corrected chi connectivity index (χ1v) is 8.34. The molecule has 0 amide bonds.